The molecule has 0 bridgehead atoms. The number of hydrogen-bond donors (Lipinski definition) is 0. The molecule has 0 amide bonds. The first-order valence-electron chi connectivity index (χ1n) is 7.64. The molecule has 4 heteroatoms. The summed E-state index contributed by atoms with van der Waals surface area (Å²) in [5, 5.41) is 10.8. The van der Waals surface area contributed by atoms with Gasteiger partial charge in [0.15, 0.2) is 0 Å². The van der Waals surface area contributed by atoms with E-state index in [0.29, 0.717) is 0 Å². The van der Waals surface area contributed by atoms with Crippen LogP contribution in [0.5, 0.6) is 0 Å². The Kier molecular flexibility index (Phi) is 4.76. The summed E-state index contributed by atoms with van der Waals surface area (Å²) in [6.45, 7) is 2.02. The SMILES string of the molecule is Cc1ccc(CC(=O)[O-])cc1Cc1ccc(-c2ccc(F)cc2)s1. The summed E-state index contributed by atoms with van der Waals surface area (Å²) in [6, 6.07) is 16.3. The Labute approximate surface area is 144 Å². The van der Waals surface area contributed by atoms with Crippen LogP contribution in [0.2, 0.25) is 0 Å². The number of aryl methyl sites for hydroxylation is 1. The Morgan fingerprint density at radius 1 is 1.08 bits per heavy atom. The molecule has 2 nitrogen and oxygen atoms in total. The van der Waals surface area contributed by atoms with E-state index in [0.717, 1.165) is 33.6 Å². The fourth-order valence-electron chi connectivity index (χ4n) is 2.62. The number of carboxylic acid groups (broad SMARTS) is 1. The molecule has 0 aliphatic heterocycles. The molecule has 0 unspecified atom stereocenters. The van der Waals surface area contributed by atoms with Crippen LogP contribution in [-0.4, -0.2) is 5.97 Å². The minimum absolute atomic E-state index is 0.0709. The number of benzene rings is 2. The van der Waals surface area contributed by atoms with Crippen LogP contribution in [0.1, 0.15) is 21.6 Å². The van der Waals surface area contributed by atoms with Gasteiger partial charge in [0.1, 0.15) is 5.82 Å². The molecule has 0 saturated carbocycles. The van der Waals surface area contributed by atoms with Crippen LogP contribution in [0.4, 0.5) is 4.39 Å². The number of thiophene rings is 1. The van der Waals surface area contributed by atoms with Crippen LogP contribution in [0.25, 0.3) is 10.4 Å². The van der Waals surface area contributed by atoms with Crippen molar-refractivity contribution < 1.29 is 14.3 Å². The van der Waals surface area contributed by atoms with E-state index in [2.05, 4.69) is 6.07 Å². The van der Waals surface area contributed by atoms with Crippen LogP contribution >= 0.6 is 11.3 Å². The monoisotopic (exact) mass is 339 g/mol. The minimum Gasteiger partial charge on any atom is -0.550 e. The summed E-state index contributed by atoms with van der Waals surface area (Å²) in [4.78, 5) is 13.0. The molecule has 0 spiro atoms. The molecule has 3 aromatic rings. The first-order valence-corrected chi connectivity index (χ1v) is 8.46. The fourth-order valence-corrected chi connectivity index (χ4v) is 3.66. The standard InChI is InChI=1S/C20H17FO2S/c1-13-2-3-14(11-20(22)23)10-16(13)12-18-8-9-19(24-18)15-4-6-17(21)7-5-15/h2-10H,11-12H2,1H3,(H,22,23)/p-1. The van der Waals surface area contributed by atoms with Crippen molar-refractivity contribution in [2.75, 3.05) is 0 Å². The molecule has 0 aliphatic carbocycles. The number of carbonyl (C=O) groups is 1. The van der Waals surface area contributed by atoms with Crippen molar-refractivity contribution in [2.24, 2.45) is 0 Å². The van der Waals surface area contributed by atoms with Gasteiger partial charge in [-0.1, -0.05) is 30.3 Å². The van der Waals surface area contributed by atoms with Crippen molar-refractivity contribution >= 4 is 17.3 Å². The van der Waals surface area contributed by atoms with Gasteiger partial charge in [0, 0.05) is 28.6 Å². The number of rotatable bonds is 5. The summed E-state index contributed by atoms with van der Waals surface area (Å²) in [6.07, 6.45) is 0.678. The summed E-state index contributed by atoms with van der Waals surface area (Å²) < 4.78 is 13.0. The van der Waals surface area contributed by atoms with E-state index in [9.17, 15) is 14.3 Å². The van der Waals surface area contributed by atoms with Crippen molar-refractivity contribution in [1.29, 1.82) is 0 Å². The largest absolute Gasteiger partial charge is 0.550 e. The van der Waals surface area contributed by atoms with Crippen LogP contribution in [0.15, 0.2) is 54.6 Å². The summed E-state index contributed by atoms with van der Waals surface area (Å²) in [5.74, 6) is -1.31. The Balaban J connectivity index is 1.82. The molecular formula is C20H16FO2S-. The highest BCUT2D eigenvalue weighted by Gasteiger charge is 2.07. The molecule has 0 atom stereocenters. The van der Waals surface area contributed by atoms with Gasteiger partial charge in [0.2, 0.25) is 0 Å². The first kappa shape index (κ1) is 16.4. The van der Waals surface area contributed by atoms with Gasteiger partial charge in [0.05, 0.1) is 0 Å². The van der Waals surface area contributed by atoms with Gasteiger partial charge < -0.3 is 9.90 Å². The van der Waals surface area contributed by atoms with Crippen molar-refractivity contribution in [2.45, 2.75) is 19.8 Å². The molecule has 2 aromatic carbocycles. The van der Waals surface area contributed by atoms with Crippen LogP contribution in [-0.2, 0) is 17.6 Å². The number of halogens is 1. The van der Waals surface area contributed by atoms with E-state index in [1.807, 2.05) is 31.2 Å². The van der Waals surface area contributed by atoms with E-state index in [-0.39, 0.29) is 12.2 Å². The molecule has 0 N–H and O–H groups in total. The maximum absolute atomic E-state index is 13.0. The van der Waals surface area contributed by atoms with Crippen LogP contribution in [0, 0.1) is 12.7 Å². The van der Waals surface area contributed by atoms with Crippen LogP contribution in [0.3, 0.4) is 0 Å². The molecule has 0 aliphatic rings. The van der Waals surface area contributed by atoms with Gasteiger partial charge >= 0.3 is 0 Å². The highest BCUT2D eigenvalue weighted by atomic mass is 32.1. The van der Waals surface area contributed by atoms with Crippen molar-refractivity contribution in [3.63, 3.8) is 0 Å². The smallest absolute Gasteiger partial charge is 0.123 e. The molecule has 1 aromatic heterocycles. The zero-order valence-corrected chi connectivity index (χ0v) is 14.0. The van der Waals surface area contributed by atoms with Gasteiger partial charge in [-0.2, -0.15) is 0 Å². The lowest BCUT2D eigenvalue weighted by Crippen LogP contribution is -2.24. The second-order valence-corrected chi connectivity index (χ2v) is 6.93. The molecule has 122 valence electrons. The summed E-state index contributed by atoms with van der Waals surface area (Å²) >= 11 is 1.66. The second-order valence-electron chi connectivity index (χ2n) is 5.76. The lowest BCUT2D eigenvalue weighted by Gasteiger charge is -2.09. The van der Waals surface area contributed by atoms with E-state index < -0.39 is 5.97 Å². The summed E-state index contributed by atoms with van der Waals surface area (Å²) in [5.41, 5.74) is 4.00. The van der Waals surface area contributed by atoms with E-state index >= 15 is 0 Å². The van der Waals surface area contributed by atoms with Crippen molar-refractivity contribution in [3.05, 3.63) is 82.0 Å². The average molecular weight is 339 g/mol. The lowest BCUT2D eigenvalue weighted by atomic mass is 10.0. The number of hydrogen-bond acceptors (Lipinski definition) is 3. The van der Waals surface area contributed by atoms with Crippen LogP contribution < -0.4 is 5.11 Å². The van der Waals surface area contributed by atoms with Gasteiger partial charge in [0.25, 0.3) is 0 Å². The number of aliphatic carboxylic acids is 1. The topological polar surface area (TPSA) is 40.1 Å². The number of carbonyl (C=O) groups excluding carboxylic acids is 1. The Morgan fingerprint density at radius 2 is 1.83 bits per heavy atom. The Bertz CT molecular complexity index is 866. The van der Waals surface area contributed by atoms with E-state index in [1.54, 1.807) is 23.5 Å². The van der Waals surface area contributed by atoms with Gasteiger partial charge in [-0.05, 0) is 53.4 Å². The number of carboxylic acids is 1. The molecule has 3 rings (SSSR count). The zero-order valence-electron chi connectivity index (χ0n) is 13.2. The predicted molar refractivity (Wildman–Crippen MR) is 92.4 cm³/mol. The minimum atomic E-state index is -1.07. The molecule has 0 saturated heterocycles. The zero-order chi connectivity index (χ0) is 17.1. The van der Waals surface area contributed by atoms with Gasteiger partial charge in [-0.25, -0.2) is 4.39 Å². The molecule has 0 fully saturated rings. The normalized spacial score (nSPS) is 10.8. The van der Waals surface area contributed by atoms with Crippen molar-refractivity contribution in [3.8, 4) is 10.4 Å². The first-order chi connectivity index (χ1) is 11.5. The third-order valence-electron chi connectivity index (χ3n) is 3.92. The van der Waals surface area contributed by atoms with Gasteiger partial charge in [-0.3, -0.25) is 0 Å². The second kappa shape index (κ2) is 6.97. The fraction of sp³-hybridized carbons (Fsp3) is 0.150. The lowest BCUT2D eigenvalue weighted by molar-refractivity contribution is -0.304. The third-order valence-corrected chi connectivity index (χ3v) is 5.05. The maximum atomic E-state index is 13.0. The quantitative estimate of drug-likeness (QED) is 0.710. The molecule has 0 radical (unpaired) electrons. The molecule has 1 heterocycles. The van der Waals surface area contributed by atoms with Crippen molar-refractivity contribution in [1.82, 2.24) is 0 Å². The Hall–Kier alpha value is -2.46. The van der Waals surface area contributed by atoms with E-state index in [4.69, 9.17) is 0 Å². The molecular weight excluding hydrogens is 323 g/mol. The third kappa shape index (κ3) is 3.89. The van der Waals surface area contributed by atoms with E-state index in [1.165, 1.54) is 17.0 Å². The summed E-state index contributed by atoms with van der Waals surface area (Å²) in [7, 11) is 0. The van der Waals surface area contributed by atoms with Gasteiger partial charge in [-0.15, -0.1) is 11.3 Å². The average Bonchev–Trinajstić information content (AvgIpc) is 2.99. The maximum Gasteiger partial charge on any atom is 0.123 e. The molecule has 24 heavy (non-hydrogen) atoms. The Morgan fingerprint density at radius 3 is 2.54 bits per heavy atom. The highest BCUT2D eigenvalue weighted by Crippen LogP contribution is 2.30. The predicted octanol–water partition coefficient (Wildman–Crippen LogP) is 3.75. The highest BCUT2D eigenvalue weighted by molar-refractivity contribution is 7.15.